The van der Waals surface area contributed by atoms with Crippen LogP contribution in [-0.4, -0.2) is 22.2 Å². The maximum atomic E-state index is 11.8. The van der Waals surface area contributed by atoms with Crippen molar-refractivity contribution in [2.24, 2.45) is 5.10 Å². The zero-order chi connectivity index (χ0) is 16.1. The molecule has 22 heavy (non-hydrogen) atoms. The number of carbonyl (C=O) groups is 1. The maximum Gasteiger partial charge on any atom is 0.271 e. The molecule has 2 aromatic rings. The fourth-order valence-electron chi connectivity index (χ4n) is 1.63. The zero-order valence-corrected chi connectivity index (χ0v) is 11.8. The standard InChI is InChI=1S/C14H10ClN3O4/c15-12-5-2-6-13(19)11(12)8-16-17-14(20)9-3-1-4-10(7-9)18(21)22/h1-8,19H,(H,17,20)/b16-8+. The van der Waals surface area contributed by atoms with Gasteiger partial charge in [-0.15, -0.1) is 0 Å². The molecule has 2 N–H and O–H groups in total. The van der Waals surface area contributed by atoms with E-state index in [1.54, 1.807) is 12.1 Å². The first-order valence-electron chi connectivity index (χ1n) is 6.04. The third-order valence-corrected chi connectivity index (χ3v) is 3.04. The number of halogens is 1. The lowest BCUT2D eigenvalue weighted by atomic mass is 10.2. The maximum absolute atomic E-state index is 11.8. The Morgan fingerprint density at radius 2 is 2.05 bits per heavy atom. The van der Waals surface area contributed by atoms with Gasteiger partial charge < -0.3 is 5.11 Å². The second-order valence-corrected chi connectivity index (χ2v) is 4.59. The molecule has 0 saturated heterocycles. The largest absolute Gasteiger partial charge is 0.507 e. The van der Waals surface area contributed by atoms with Crippen molar-refractivity contribution in [1.82, 2.24) is 5.43 Å². The third kappa shape index (κ3) is 3.58. The van der Waals surface area contributed by atoms with Crippen molar-refractivity contribution in [3.05, 3.63) is 68.7 Å². The molecule has 2 aromatic carbocycles. The van der Waals surface area contributed by atoms with Crippen molar-refractivity contribution in [1.29, 1.82) is 0 Å². The lowest BCUT2D eigenvalue weighted by Gasteiger charge is -2.02. The molecular formula is C14H10ClN3O4. The Bertz CT molecular complexity index is 741. The number of nitro benzene ring substituents is 1. The van der Waals surface area contributed by atoms with Gasteiger partial charge in [0.25, 0.3) is 11.6 Å². The Balaban J connectivity index is 2.11. The second kappa shape index (κ2) is 6.68. The smallest absolute Gasteiger partial charge is 0.271 e. The summed E-state index contributed by atoms with van der Waals surface area (Å²) in [6.45, 7) is 0. The summed E-state index contributed by atoms with van der Waals surface area (Å²) in [7, 11) is 0. The van der Waals surface area contributed by atoms with E-state index in [4.69, 9.17) is 11.6 Å². The third-order valence-electron chi connectivity index (χ3n) is 2.71. The van der Waals surface area contributed by atoms with Crippen LogP contribution in [0.1, 0.15) is 15.9 Å². The lowest BCUT2D eigenvalue weighted by Crippen LogP contribution is -2.17. The van der Waals surface area contributed by atoms with E-state index in [1.807, 2.05) is 0 Å². The number of phenolic OH excluding ortho intramolecular Hbond substituents is 1. The average molecular weight is 320 g/mol. The Morgan fingerprint density at radius 1 is 1.32 bits per heavy atom. The minimum absolute atomic E-state index is 0.0825. The highest BCUT2D eigenvalue weighted by atomic mass is 35.5. The van der Waals surface area contributed by atoms with Crippen molar-refractivity contribution in [2.75, 3.05) is 0 Å². The number of hydrogen-bond acceptors (Lipinski definition) is 5. The SMILES string of the molecule is O=C(N/N=C/c1c(O)cccc1Cl)c1cccc([N+](=O)[O-])c1. The van der Waals surface area contributed by atoms with Crippen molar-refractivity contribution >= 4 is 29.4 Å². The van der Waals surface area contributed by atoms with E-state index < -0.39 is 10.8 Å². The Kier molecular flexibility index (Phi) is 4.70. The fourth-order valence-corrected chi connectivity index (χ4v) is 1.85. The van der Waals surface area contributed by atoms with Gasteiger partial charge >= 0.3 is 0 Å². The van der Waals surface area contributed by atoms with E-state index in [0.717, 1.165) is 6.07 Å². The summed E-state index contributed by atoms with van der Waals surface area (Å²) in [6.07, 6.45) is 1.19. The number of phenols is 1. The normalized spacial score (nSPS) is 10.6. The van der Waals surface area contributed by atoms with E-state index in [2.05, 4.69) is 10.5 Å². The second-order valence-electron chi connectivity index (χ2n) is 4.18. The predicted octanol–water partition coefficient (Wildman–Crippen LogP) is 2.72. The number of carbonyl (C=O) groups excluding carboxylic acids is 1. The molecule has 0 radical (unpaired) electrons. The summed E-state index contributed by atoms with van der Waals surface area (Å²) in [5, 5.41) is 24.2. The number of benzene rings is 2. The van der Waals surface area contributed by atoms with Gasteiger partial charge in [-0.2, -0.15) is 5.10 Å². The van der Waals surface area contributed by atoms with Crippen molar-refractivity contribution in [3.63, 3.8) is 0 Å². The summed E-state index contributed by atoms with van der Waals surface area (Å²) in [5.74, 6) is -0.702. The van der Waals surface area contributed by atoms with E-state index >= 15 is 0 Å². The van der Waals surface area contributed by atoms with Gasteiger partial charge in [0.15, 0.2) is 0 Å². The number of nitrogens with zero attached hydrogens (tertiary/aromatic N) is 2. The molecule has 112 valence electrons. The molecule has 0 saturated carbocycles. The van der Waals surface area contributed by atoms with Gasteiger partial charge in [-0.3, -0.25) is 14.9 Å². The minimum atomic E-state index is -0.619. The lowest BCUT2D eigenvalue weighted by molar-refractivity contribution is -0.384. The number of amides is 1. The van der Waals surface area contributed by atoms with Crippen LogP contribution in [-0.2, 0) is 0 Å². The average Bonchev–Trinajstić information content (AvgIpc) is 2.50. The molecule has 0 aliphatic carbocycles. The van der Waals surface area contributed by atoms with E-state index in [1.165, 1.54) is 30.5 Å². The molecule has 0 heterocycles. The molecule has 0 spiro atoms. The highest BCUT2D eigenvalue weighted by Crippen LogP contribution is 2.22. The molecule has 0 aromatic heterocycles. The zero-order valence-electron chi connectivity index (χ0n) is 11.1. The van der Waals surface area contributed by atoms with Gasteiger partial charge in [-0.05, 0) is 18.2 Å². The number of nitro groups is 1. The van der Waals surface area contributed by atoms with Crippen LogP contribution < -0.4 is 5.43 Å². The van der Waals surface area contributed by atoms with Crippen LogP contribution in [0.2, 0.25) is 5.02 Å². The Hall–Kier alpha value is -2.93. The van der Waals surface area contributed by atoms with Crippen molar-refractivity contribution < 1.29 is 14.8 Å². The molecule has 0 atom stereocenters. The molecule has 0 bridgehead atoms. The Labute approximate surface area is 130 Å². The number of hydrazone groups is 1. The highest BCUT2D eigenvalue weighted by Gasteiger charge is 2.10. The molecular weight excluding hydrogens is 310 g/mol. The van der Waals surface area contributed by atoms with Crippen LogP contribution >= 0.6 is 11.6 Å². The molecule has 1 amide bonds. The van der Waals surface area contributed by atoms with Crippen LogP contribution in [0, 0.1) is 10.1 Å². The first kappa shape index (κ1) is 15.5. The van der Waals surface area contributed by atoms with Gasteiger partial charge in [-0.1, -0.05) is 23.7 Å². The molecule has 2 rings (SSSR count). The van der Waals surface area contributed by atoms with Crippen molar-refractivity contribution in [3.8, 4) is 5.75 Å². The van der Waals surface area contributed by atoms with E-state index in [9.17, 15) is 20.0 Å². The number of non-ortho nitro benzene ring substituents is 1. The topological polar surface area (TPSA) is 105 Å². The van der Waals surface area contributed by atoms with Gasteiger partial charge in [0.2, 0.25) is 0 Å². The first-order valence-corrected chi connectivity index (χ1v) is 6.42. The molecule has 0 unspecified atom stereocenters. The molecule has 0 fully saturated rings. The predicted molar refractivity (Wildman–Crippen MR) is 81.3 cm³/mol. The minimum Gasteiger partial charge on any atom is -0.507 e. The van der Waals surface area contributed by atoms with Crippen LogP contribution in [0.5, 0.6) is 5.75 Å². The summed E-state index contributed by atoms with van der Waals surface area (Å²) < 4.78 is 0. The number of rotatable bonds is 4. The quantitative estimate of drug-likeness (QED) is 0.513. The van der Waals surface area contributed by atoms with Gasteiger partial charge in [0.1, 0.15) is 5.75 Å². The highest BCUT2D eigenvalue weighted by molar-refractivity contribution is 6.33. The van der Waals surface area contributed by atoms with E-state index in [-0.39, 0.29) is 27.6 Å². The van der Waals surface area contributed by atoms with Gasteiger partial charge in [0, 0.05) is 17.7 Å². The van der Waals surface area contributed by atoms with E-state index in [0.29, 0.717) is 0 Å². The Morgan fingerprint density at radius 3 is 2.73 bits per heavy atom. The number of aromatic hydroxyl groups is 1. The fraction of sp³-hybridized carbons (Fsp3) is 0. The molecule has 7 nitrogen and oxygen atoms in total. The number of hydrogen-bond donors (Lipinski definition) is 2. The van der Waals surface area contributed by atoms with Crippen LogP contribution in [0.15, 0.2) is 47.6 Å². The summed E-state index contributed by atoms with van der Waals surface area (Å²) >= 11 is 5.88. The number of nitrogens with one attached hydrogen (secondary N) is 1. The van der Waals surface area contributed by atoms with Gasteiger partial charge in [-0.25, -0.2) is 5.43 Å². The van der Waals surface area contributed by atoms with Crippen molar-refractivity contribution in [2.45, 2.75) is 0 Å². The summed E-state index contributed by atoms with van der Waals surface area (Å²) in [6, 6.07) is 9.79. The molecule has 0 aliphatic heterocycles. The van der Waals surface area contributed by atoms with Gasteiger partial charge in [0.05, 0.1) is 21.7 Å². The summed E-state index contributed by atoms with van der Waals surface area (Å²) in [4.78, 5) is 21.9. The van der Waals surface area contributed by atoms with Crippen LogP contribution in [0.25, 0.3) is 0 Å². The summed E-state index contributed by atoms with van der Waals surface area (Å²) in [5.41, 5.74) is 2.36. The first-order chi connectivity index (χ1) is 10.5. The molecule has 0 aliphatic rings. The molecule has 8 heteroatoms. The monoisotopic (exact) mass is 319 g/mol. The van der Waals surface area contributed by atoms with Crippen LogP contribution in [0.4, 0.5) is 5.69 Å². The van der Waals surface area contributed by atoms with Crippen LogP contribution in [0.3, 0.4) is 0 Å².